The quantitative estimate of drug-likeness (QED) is 0.852. The van der Waals surface area contributed by atoms with Gasteiger partial charge in [-0.3, -0.25) is 0 Å². The molecule has 3 nitrogen and oxygen atoms in total. The fourth-order valence-electron chi connectivity index (χ4n) is 1.82. The number of hydrogen-bond donors (Lipinski definition) is 0. The minimum Gasteiger partial charge on any atom is -0.496 e. The summed E-state index contributed by atoms with van der Waals surface area (Å²) in [6.07, 6.45) is 0. The van der Waals surface area contributed by atoms with Gasteiger partial charge in [0.05, 0.1) is 17.6 Å². The van der Waals surface area contributed by atoms with Crippen LogP contribution in [0.25, 0.3) is 0 Å². The van der Waals surface area contributed by atoms with Crippen LogP contribution in [-0.4, -0.2) is 12.1 Å². The summed E-state index contributed by atoms with van der Waals surface area (Å²) in [5, 5.41) is 9.99. The molecule has 1 aromatic heterocycles. The van der Waals surface area contributed by atoms with Crippen molar-refractivity contribution in [1.29, 1.82) is 5.26 Å². The Morgan fingerprint density at radius 2 is 2.00 bits per heavy atom. The number of benzene rings is 1. The third kappa shape index (κ3) is 2.88. The standard InChI is InChI=1S/C15H14N2OS/c1-10-8-11(2)17-15(12(10)9-16)19-14-7-5-4-6-13(14)18-3/h4-8H,1-3H3. The summed E-state index contributed by atoms with van der Waals surface area (Å²) in [6.45, 7) is 3.86. The number of para-hydroxylation sites is 1. The predicted molar refractivity (Wildman–Crippen MR) is 75.5 cm³/mol. The van der Waals surface area contributed by atoms with Gasteiger partial charge in [0.2, 0.25) is 0 Å². The molecule has 0 bridgehead atoms. The molecule has 2 rings (SSSR count). The molecule has 0 N–H and O–H groups in total. The van der Waals surface area contributed by atoms with E-state index >= 15 is 0 Å². The number of aryl methyl sites for hydroxylation is 2. The van der Waals surface area contributed by atoms with Crippen LogP contribution in [0.4, 0.5) is 0 Å². The molecule has 1 aromatic carbocycles. The second-order valence-electron chi connectivity index (χ2n) is 4.13. The highest BCUT2D eigenvalue weighted by Crippen LogP contribution is 2.36. The van der Waals surface area contributed by atoms with E-state index < -0.39 is 0 Å². The molecule has 0 fully saturated rings. The lowest BCUT2D eigenvalue weighted by Gasteiger charge is -2.10. The average molecular weight is 270 g/mol. The summed E-state index contributed by atoms with van der Waals surface area (Å²) in [5.41, 5.74) is 2.49. The molecule has 0 spiro atoms. The maximum atomic E-state index is 9.26. The molecule has 4 heteroatoms. The molecule has 0 aliphatic rings. The van der Waals surface area contributed by atoms with Crippen molar-refractivity contribution < 1.29 is 4.74 Å². The van der Waals surface area contributed by atoms with Gasteiger partial charge >= 0.3 is 0 Å². The van der Waals surface area contributed by atoms with Gasteiger partial charge in [-0.05, 0) is 37.6 Å². The van der Waals surface area contributed by atoms with Crippen molar-refractivity contribution in [3.8, 4) is 11.8 Å². The average Bonchev–Trinajstić information content (AvgIpc) is 2.39. The van der Waals surface area contributed by atoms with Crippen LogP contribution in [0.15, 0.2) is 40.3 Å². The summed E-state index contributed by atoms with van der Waals surface area (Å²) in [6, 6.07) is 11.9. The zero-order valence-corrected chi connectivity index (χ0v) is 11.9. The molecular weight excluding hydrogens is 256 g/mol. The van der Waals surface area contributed by atoms with Crippen LogP contribution < -0.4 is 4.74 Å². The van der Waals surface area contributed by atoms with Gasteiger partial charge in [-0.2, -0.15) is 5.26 Å². The molecule has 0 amide bonds. The molecule has 0 radical (unpaired) electrons. The van der Waals surface area contributed by atoms with Crippen LogP contribution in [0.2, 0.25) is 0 Å². The van der Waals surface area contributed by atoms with E-state index in [9.17, 15) is 5.26 Å². The van der Waals surface area contributed by atoms with E-state index in [4.69, 9.17) is 4.74 Å². The first-order chi connectivity index (χ1) is 9.15. The highest BCUT2D eigenvalue weighted by atomic mass is 32.2. The molecule has 2 aromatic rings. The van der Waals surface area contributed by atoms with Gasteiger partial charge in [0.25, 0.3) is 0 Å². The normalized spacial score (nSPS) is 10.0. The molecular formula is C15H14N2OS. The number of nitriles is 1. The highest BCUT2D eigenvalue weighted by molar-refractivity contribution is 7.99. The minimum atomic E-state index is 0.626. The van der Waals surface area contributed by atoms with E-state index in [1.165, 1.54) is 11.8 Å². The third-order valence-corrected chi connectivity index (χ3v) is 3.74. The van der Waals surface area contributed by atoms with Crippen LogP contribution in [-0.2, 0) is 0 Å². The smallest absolute Gasteiger partial charge is 0.132 e. The Kier molecular flexibility index (Phi) is 4.08. The van der Waals surface area contributed by atoms with Crippen LogP contribution in [0.5, 0.6) is 5.75 Å². The van der Waals surface area contributed by atoms with Gasteiger partial charge in [0, 0.05) is 5.69 Å². The first-order valence-electron chi connectivity index (χ1n) is 5.85. The molecule has 0 aliphatic carbocycles. The van der Waals surface area contributed by atoms with E-state index in [0.29, 0.717) is 5.56 Å². The van der Waals surface area contributed by atoms with Gasteiger partial charge in [0.15, 0.2) is 0 Å². The lowest BCUT2D eigenvalue weighted by molar-refractivity contribution is 0.405. The second-order valence-corrected chi connectivity index (χ2v) is 5.16. The molecule has 0 unspecified atom stereocenters. The Bertz CT molecular complexity index is 647. The Morgan fingerprint density at radius 1 is 1.26 bits per heavy atom. The lowest BCUT2D eigenvalue weighted by atomic mass is 10.1. The highest BCUT2D eigenvalue weighted by Gasteiger charge is 2.12. The second kappa shape index (κ2) is 5.77. The molecule has 0 atom stereocenters. The Hall–Kier alpha value is -1.99. The zero-order chi connectivity index (χ0) is 13.8. The van der Waals surface area contributed by atoms with Crippen molar-refractivity contribution in [3.05, 3.63) is 47.2 Å². The van der Waals surface area contributed by atoms with Gasteiger partial charge < -0.3 is 4.74 Å². The van der Waals surface area contributed by atoms with Crippen LogP contribution in [0, 0.1) is 25.2 Å². The zero-order valence-electron chi connectivity index (χ0n) is 11.1. The monoisotopic (exact) mass is 270 g/mol. The van der Waals surface area contributed by atoms with Crippen LogP contribution in [0.3, 0.4) is 0 Å². The molecule has 0 saturated carbocycles. The van der Waals surface area contributed by atoms with Crippen molar-refractivity contribution in [3.63, 3.8) is 0 Å². The van der Waals surface area contributed by atoms with E-state index in [-0.39, 0.29) is 0 Å². The van der Waals surface area contributed by atoms with Gasteiger partial charge in [-0.1, -0.05) is 23.9 Å². The van der Waals surface area contributed by atoms with Crippen molar-refractivity contribution in [2.75, 3.05) is 7.11 Å². The first kappa shape index (κ1) is 13.4. The van der Waals surface area contributed by atoms with Crippen LogP contribution >= 0.6 is 11.8 Å². The maximum Gasteiger partial charge on any atom is 0.132 e. The maximum absolute atomic E-state index is 9.26. The summed E-state index contributed by atoms with van der Waals surface area (Å²) >= 11 is 1.46. The topological polar surface area (TPSA) is 45.9 Å². The van der Waals surface area contributed by atoms with Crippen molar-refractivity contribution in [2.45, 2.75) is 23.8 Å². The summed E-state index contributed by atoms with van der Waals surface area (Å²) in [4.78, 5) is 5.42. The summed E-state index contributed by atoms with van der Waals surface area (Å²) in [7, 11) is 1.64. The number of nitrogens with zero attached hydrogens (tertiary/aromatic N) is 2. The summed E-state index contributed by atoms with van der Waals surface area (Å²) in [5.74, 6) is 0.789. The van der Waals surface area contributed by atoms with E-state index in [1.54, 1.807) is 7.11 Å². The molecule has 0 saturated heterocycles. The van der Waals surface area contributed by atoms with Gasteiger partial charge in [-0.15, -0.1) is 0 Å². The number of aromatic nitrogens is 1. The van der Waals surface area contributed by atoms with Gasteiger partial charge in [-0.25, -0.2) is 4.98 Å². The van der Waals surface area contributed by atoms with E-state index in [0.717, 1.165) is 26.9 Å². The van der Waals surface area contributed by atoms with E-state index in [1.807, 2.05) is 44.2 Å². The summed E-state index contributed by atoms with van der Waals surface area (Å²) < 4.78 is 5.32. The predicted octanol–water partition coefficient (Wildman–Crippen LogP) is 3.73. The fraction of sp³-hybridized carbons (Fsp3) is 0.200. The number of ether oxygens (including phenoxy) is 1. The van der Waals surface area contributed by atoms with Crippen molar-refractivity contribution >= 4 is 11.8 Å². The number of methoxy groups -OCH3 is 1. The van der Waals surface area contributed by atoms with Crippen LogP contribution in [0.1, 0.15) is 16.8 Å². The Morgan fingerprint density at radius 3 is 2.68 bits per heavy atom. The molecule has 96 valence electrons. The molecule has 1 heterocycles. The van der Waals surface area contributed by atoms with Gasteiger partial charge in [0.1, 0.15) is 16.8 Å². The SMILES string of the molecule is COc1ccccc1Sc1nc(C)cc(C)c1C#N. The third-order valence-electron chi connectivity index (χ3n) is 2.70. The first-order valence-corrected chi connectivity index (χ1v) is 6.66. The lowest BCUT2D eigenvalue weighted by Crippen LogP contribution is -1.94. The number of pyridine rings is 1. The van der Waals surface area contributed by atoms with E-state index in [2.05, 4.69) is 11.1 Å². The number of rotatable bonds is 3. The van der Waals surface area contributed by atoms with Crippen molar-refractivity contribution in [2.24, 2.45) is 0 Å². The molecule has 19 heavy (non-hydrogen) atoms. The largest absolute Gasteiger partial charge is 0.496 e. The van der Waals surface area contributed by atoms with Crippen molar-refractivity contribution in [1.82, 2.24) is 4.98 Å². The minimum absolute atomic E-state index is 0.626. The molecule has 0 aliphatic heterocycles. The Balaban J connectivity index is 2.47. The Labute approximate surface area is 117 Å². The number of hydrogen-bond acceptors (Lipinski definition) is 4. The fourth-order valence-corrected chi connectivity index (χ4v) is 2.92.